The minimum Gasteiger partial charge on any atom is -0.383 e. The normalized spacial score (nSPS) is 11.4. The molecule has 1 aromatic rings. The second-order valence-electron chi connectivity index (χ2n) is 2.93. The van der Waals surface area contributed by atoms with E-state index in [4.69, 9.17) is 5.73 Å². The highest BCUT2D eigenvalue weighted by molar-refractivity contribution is 9.10. The number of halogens is 1. The lowest BCUT2D eigenvalue weighted by molar-refractivity contribution is 1.26. The standard InChI is InChI=1S/C10H13BrN4/c1-7-6-8(14-5-3-4-13-2)15-10(12)9(7)11/h3-6H,1-2H3,(H3,12,14,15)/b5-3-,13-4?. The number of anilines is 2. The van der Waals surface area contributed by atoms with Gasteiger partial charge in [0.25, 0.3) is 0 Å². The van der Waals surface area contributed by atoms with Crippen LogP contribution in [-0.2, 0) is 0 Å². The molecule has 1 rings (SSSR count). The molecule has 0 fully saturated rings. The molecule has 15 heavy (non-hydrogen) atoms. The summed E-state index contributed by atoms with van der Waals surface area (Å²) in [5.41, 5.74) is 6.75. The average molecular weight is 269 g/mol. The van der Waals surface area contributed by atoms with Crippen LogP contribution in [-0.4, -0.2) is 18.2 Å². The molecule has 4 nitrogen and oxygen atoms in total. The lowest BCUT2D eigenvalue weighted by Gasteiger charge is -2.05. The predicted octanol–water partition coefficient (Wildman–Crippen LogP) is 2.36. The van der Waals surface area contributed by atoms with Gasteiger partial charge in [-0.3, -0.25) is 4.99 Å². The molecule has 0 radical (unpaired) electrons. The van der Waals surface area contributed by atoms with Crippen LogP contribution in [0.1, 0.15) is 5.56 Å². The Morgan fingerprint density at radius 1 is 1.60 bits per heavy atom. The van der Waals surface area contributed by atoms with Crippen molar-refractivity contribution in [1.29, 1.82) is 0 Å². The molecule has 0 bridgehead atoms. The first-order valence-corrected chi connectivity index (χ1v) is 5.21. The zero-order valence-corrected chi connectivity index (χ0v) is 10.2. The molecule has 0 aliphatic heterocycles. The maximum atomic E-state index is 5.70. The lowest BCUT2D eigenvalue weighted by Crippen LogP contribution is -1.98. The molecule has 0 spiro atoms. The fraction of sp³-hybridized carbons (Fsp3) is 0.200. The third-order valence-electron chi connectivity index (χ3n) is 1.73. The van der Waals surface area contributed by atoms with Crippen molar-refractivity contribution >= 4 is 33.8 Å². The van der Waals surface area contributed by atoms with Crippen molar-refractivity contribution in [2.75, 3.05) is 18.1 Å². The Kier molecular flexibility index (Phi) is 4.30. The molecular formula is C10H13BrN4. The van der Waals surface area contributed by atoms with Crippen LogP contribution in [0.5, 0.6) is 0 Å². The Labute approximate surface area is 97.4 Å². The smallest absolute Gasteiger partial charge is 0.140 e. The van der Waals surface area contributed by atoms with E-state index in [9.17, 15) is 0 Å². The number of nitrogens with one attached hydrogen (secondary N) is 1. The molecule has 0 saturated heterocycles. The summed E-state index contributed by atoms with van der Waals surface area (Å²) in [5, 5.41) is 3.00. The first-order valence-electron chi connectivity index (χ1n) is 4.41. The molecule has 0 unspecified atom stereocenters. The number of nitrogens with two attached hydrogens (primary N) is 1. The Morgan fingerprint density at radius 2 is 2.33 bits per heavy atom. The maximum Gasteiger partial charge on any atom is 0.140 e. The number of rotatable bonds is 3. The molecule has 3 N–H and O–H groups in total. The molecule has 0 atom stereocenters. The van der Waals surface area contributed by atoms with Gasteiger partial charge in [0.1, 0.15) is 11.6 Å². The van der Waals surface area contributed by atoms with E-state index >= 15 is 0 Å². The fourth-order valence-electron chi connectivity index (χ4n) is 1.02. The van der Waals surface area contributed by atoms with Gasteiger partial charge in [0.15, 0.2) is 0 Å². The first-order chi connectivity index (χ1) is 7.15. The molecule has 1 aromatic heterocycles. The Hall–Kier alpha value is -1.36. The largest absolute Gasteiger partial charge is 0.383 e. The van der Waals surface area contributed by atoms with E-state index in [-0.39, 0.29) is 0 Å². The highest BCUT2D eigenvalue weighted by Crippen LogP contribution is 2.24. The van der Waals surface area contributed by atoms with Gasteiger partial charge in [-0.15, -0.1) is 0 Å². The zero-order chi connectivity index (χ0) is 11.3. The second-order valence-corrected chi connectivity index (χ2v) is 3.73. The van der Waals surface area contributed by atoms with E-state index in [2.05, 4.69) is 31.2 Å². The molecule has 1 heterocycles. The molecule has 0 aromatic carbocycles. The van der Waals surface area contributed by atoms with Crippen LogP contribution in [0.25, 0.3) is 0 Å². The summed E-state index contributed by atoms with van der Waals surface area (Å²) >= 11 is 3.35. The highest BCUT2D eigenvalue weighted by Gasteiger charge is 2.02. The van der Waals surface area contributed by atoms with Crippen LogP contribution in [0.2, 0.25) is 0 Å². The fourth-order valence-corrected chi connectivity index (χ4v) is 1.22. The van der Waals surface area contributed by atoms with Gasteiger partial charge in [-0.1, -0.05) is 0 Å². The number of hydrogen-bond acceptors (Lipinski definition) is 4. The summed E-state index contributed by atoms with van der Waals surface area (Å²) in [6, 6.07) is 1.91. The van der Waals surface area contributed by atoms with Crippen LogP contribution in [0.3, 0.4) is 0 Å². The number of nitrogen functional groups attached to an aromatic ring is 1. The number of pyridine rings is 1. The van der Waals surface area contributed by atoms with Crippen LogP contribution in [0, 0.1) is 6.92 Å². The molecule has 0 aliphatic carbocycles. The summed E-state index contributed by atoms with van der Waals surface area (Å²) in [6.45, 7) is 1.96. The first kappa shape index (κ1) is 11.7. The highest BCUT2D eigenvalue weighted by atomic mass is 79.9. The van der Waals surface area contributed by atoms with E-state index in [1.165, 1.54) is 0 Å². The van der Waals surface area contributed by atoms with Gasteiger partial charge in [-0.25, -0.2) is 4.98 Å². The number of hydrogen-bond donors (Lipinski definition) is 2. The van der Waals surface area contributed by atoms with Crippen molar-refractivity contribution in [1.82, 2.24) is 4.98 Å². The van der Waals surface area contributed by atoms with Crippen molar-refractivity contribution in [2.45, 2.75) is 6.92 Å². The predicted molar refractivity (Wildman–Crippen MR) is 68.3 cm³/mol. The van der Waals surface area contributed by atoms with E-state index in [0.717, 1.165) is 10.0 Å². The summed E-state index contributed by atoms with van der Waals surface area (Å²) in [6.07, 6.45) is 5.22. The van der Waals surface area contributed by atoms with Crippen molar-refractivity contribution in [2.24, 2.45) is 4.99 Å². The Morgan fingerprint density at radius 3 is 2.93 bits per heavy atom. The van der Waals surface area contributed by atoms with E-state index in [1.54, 1.807) is 25.5 Å². The summed E-state index contributed by atoms with van der Waals surface area (Å²) in [5.74, 6) is 1.20. The van der Waals surface area contributed by atoms with Crippen molar-refractivity contribution < 1.29 is 0 Å². The van der Waals surface area contributed by atoms with Gasteiger partial charge in [0.2, 0.25) is 0 Å². The van der Waals surface area contributed by atoms with Crippen molar-refractivity contribution in [3.05, 3.63) is 28.4 Å². The summed E-state index contributed by atoms with van der Waals surface area (Å²) in [4.78, 5) is 7.97. The third kappa shape index (κ3) is 3.36. The number of aromatic nitrogens is 1. The molecule has 5 heteroatoms. The number of nitrogens with zero attached hydrogens (tertiary/aromatic N) is 2. The van der Waals surface area contributed by atoms with Crippen LogP contribution >= 0.6 is 15.9 Å². The maximum absolute atomic E-state index is 5.70. The zero-order valence-electron chi connectivity index (χ0n) is 8.66. The SMILES string of the molecule is CN=C/C=C\Nc1cc(C)c(Br)c(N)n1. The number of aryl methyl sites for hydroxylation is 1. The van der Waals surface area contributed by atoms with Gasteiger partial charge in [-0.2, -0.15) is 0 Å². The minimum atomic E-state index is 0.482. The van der Waals surface area contributed by atoms with Gasteiger partial charge in [0.05, 0.1) is 4.47 Å². The van der Waals surface area contributed by atoms with Crippen LogP contribution < -0.4 is 11.1 Å². The number of aliphatic imine (C=N–C) groups is 1. The molecule has 0 saturated carbocycles. The summed E-state index contributed by atoms with van der Waals surface area (Å²) in [7, 11) is 1.71. The minimum absolute atomic E-state index is 0.482. The van der Waals surface area contributed by atoms with Crippen LogP contribution in [0.4, 0.5) is 11.6 Å². The molecule has 0 amide bonds. The Bertz CT molecular complexity index is 375. The van der Waals surface area contributed by atoms with Crippen LogP contribution in [0.15, 0.2) is 27.8 Å². The Balaban J connectivity index is 2.79. The quantitative estimate of drug-likeness (QED) is 0.828. The van der Waals surface area contributed by atoms with Gasteiger partial charge in [0, 0.05) is 19.5 Å². The monoisotopic (exact) mass is 268 g/mol. The van der Waals surface area contributed by atoms with Crippen molar-refractivity contribution in [3.63, 3.8) is 0 Å². The van der Waals surface area contributed by atoms with Crippen molar-refractivity contribution in [3.8, 4) is 0 Å². The number of allylic oxidation sites excluding steroid dienone is 1. The average Bonchev–Trinajstić information content (AvgIpc) is 2.21. The van der Waals surface area contributed by atoms with Gasteiger partial charge < -0.3 is 11.1 Å². The van der Waals surface area contributed by atoms with E-state index in [1.807, 2.05) is 13.0 Å². The lowest BCUT2D eigenvalue weighted by atomic mass is 10.3. The molecule has 80 valence electrons. The van der Waals surface area contributed by atoms with Gasteiger partial charge in [-0.05, 0) is 40.6 Å². The third-order valence-corrected chi connectivity index (χ3v) is 2.76. The van der Waals surface area contributed by atoms with E-state index < -0.39 is 0 Å². The molecular weight excluding hydrogens is 256 g/mol. The molecule has 0 aliphatic rings. The topological polar surface area (TPSA) is 63.3 Å². The second kappa shape index (κ2) is 5.50. The summed E-state index contributed by atoms with van der Waals surface area (Å²) < 4.78 is 0.840. The van der Waals surface area contributed by atoms with E-state index in [0.29, 0.717) is 11.6 Å². The van der Waals surface area contributed by atoms with Gasteiger partial charge >= 0.3 is 0 Å².